The molecule has 0 aliphatic rings. The molecule has 0 N–H and O–H groups in total. The molecule has 0 saturated heterocycles. The van der Waals surface area contributed by atoms with Crippen molar-refractivity contribution in [2.75, 3.05) is 19.8 Å². The second kappa shape index (κ2) is 12.9. The summed E-state index contributed by atoms with van der Waals surface area (Å²) in [6, 6.07) is 0. The Hall–Kier alpha value is -0.160. The summed E-state index contributed by atoms with van der Waals surface area (Å²) in [4.78, 5) is 16.1. The third kappa shape index (κ3) is 10.4. The Morgan fingerprint density at radius 1 is 0.625 bits per heavy atom. The first-order chi connectivity index (χ1) is 7.85. The van der Waals surface area contributed by atoms with Gasteiger partial charge in [-0.3, -0.25) is 14.5 Å². The van der Waals surface area contributed by atoms with Gasteiger partial charge in [0.2, 0.25) is 0 Å². The zero-order valence-corrected chi connectivity index (χ0v) is 11.0. The molecular formula is C12H27NO3. The van der Waals surface area contributed by atoms with Crippen LogP contribution in [-0.2, 0) is 14.5 Å². The van der Waals surface area contributed by atoms with Crippen molar-refractivity contribution in [1.82, 2.24) is 5.39 Å². The van der Waals surface area contributed by atoms with E-state index in [-0.39, 0.29) is 0 Å². The van der Waals surface area contributed by atoms with Crippen LogP contribution in [0, 0.1) is 0 Å². The van der Waals surface area contributed by atoms with Crippen LogP contribution in [-0.4, -0.2) is 25.2 Å². The van der Waals surface area contributed by atoms with Gasteiger partial charge in [-0.1, -0.05) is 40.0 Å². The Kier molecular flexibility index (Phi) is 12.8. The minimum absolute atomic E-state index is 0.648. The fourth-order valence-electron chi connectivity index (χ4n) is 0.962. The highest BCUT2D eigenvalue weighted by atomic mass is 17.2. The molecule has 16 heavy (non-hydrogen) atoms. The van der Waals surface area contributed by atoms with Crippen LogP contribution in [0.25, 0.3) is 0 Å². The Morgan fingerprint density at radius 3 is 1.19 bits per heavy atom. The average Bonchev–Trinajstić information content (AvgIpc) is 2.29. The van der Waals surface area contributed by atoms with Crippen molar-refractivity contribution in [1.29, 1.82) is 0 Å². The monoisotopic (exact) mass is 233 g/mol. The minimum atomic E-state index is 0.648. The maximum atomic E-state index is 5.36. The fourth-order valence-corrected chi connectivity index (χ4v) is 0.962. The van der Waals surface area contributed by atoms with E-state index in [1.54, 1.807) is 0 Å². The van der Waals surface area contributed by atoms with E-state index in [1.165, 1.54) is 5.39 Å². The van der Waals surface area contributed by atoms with Gasteiger partial charge < -0.3 is 0 Å². The quantitative estimate of drug-likeness (QED) is 0.381. The maximum Gasteiger partial charge on any atom is 0.0766 e. The predicted molar refractivity (Wildman–Crippen MR) is 64.4 cm³/mol. The van der Waals surface area contributed by atoms with E-state index < -0.39 is 0 Å². The summed E-state index contributed by atoms with van der Waals surface area (Å²) in [5.74, 6) is 0. The van der Waals surface area contributed by atoms with E-state index in [0.29, 0.717) is 19.8 Å². The van der Waals surface area contributed by atoms with Gasteiger partial charge in [-0.05, 0) is 19.3 Å². The van der Waals surface area contributed by atoms with Crippen LogP contribution in [0.5, 0.6) is 0 Å². The maximum absolute atomic E-state index is 5.36. The number of nitrogens with zero attached hydrogens (tertiary/aromatic N) is 1. The summed E-state index contributed by atoms with van der Waals surface area (Å²) in [5, 5.41) is 1.20. The lowest BCUT2D eigenvalue weighted by atomic mass is 10.4. The topological polar surface area (TPSA) is 30.9 Å². The number of rotatable bonds is 12. The molecule has 0 spiro atoms. The molecule has 4 heteroatoms. The molecule has 0 rings (SSSR count). The van der Waals surface area contributed by atoms with Crippen LogP contribution < -0.4 is 0 Å². The van der Waals surface area contributed by atoms with Crippen molar-refractivity contribution >= 4 is 0 Å². The number of hydrogen-bond donors (Lipinski definition) is 0. The first-order valence-electron chi connectivity index (χ1n) is 6.54. The molecular weight excluding hydrogens is 206 g/mol. The second-order valence-electron chi connectivity index (χ2n) is 3.78. The summed E-state index contributed by atoms with van der Waals surface area (Å²) >= 11 is 0. The normalized spacial score (nSPS) is 11.2. The van der Waals surface area contributed by atoms with Crippen molar-refractivity contribution in [3.05, 3.63) is 0 Å². The summed E-state index contributed by atoms with van der Waals surface area (Å²) in [6.45, 7) is 8.33. The zero-order valence-electron chi connectivity index (χ0n) is 11.0. The van der Waals surface area contributed by atoms with Crippen LogP contribution in [0.3, 0.4) is 0 Å². The summed E-state index contributed by atoms with van der Waals surface area (Å²) in [6.07, 6.45) is 6.38. The standard InChI is InChI=1S/C12H27NO3/c1-4-7-10-14-13(15-11-8-5-2)16-12-9-6-3/h4-12H2,1-3H3. The molecule has 0 atom stereocenters. The molecule has 0 aromatic heterocycles. The first-order valence-corrected chi connectivity index (χ1v) is 6.54. The molecule has 4 nitrogen and oxygen atoms in total. The Bertz CT molecular complexity index is 110. The van der Waals surface area contributed by atoms with E-state index in [0.717, 1.165) is 38.5 Å². The van der Waals surface area contributed by atoms with Gasteiger partial charge in [0, 0.05) is 0 Å². The highest BCUT2D eigenvalue weighted by Gasteiger charge is 2.06. The third-order valence-electron chi connectivity index (χ3n) is 2.08. The number of unbranched alkanes of at least 4 members (excludes halogenated alkanes) is 3. The smallest absolute Gasteiger partial charge is 0.0766 e. The van der Waals surface area contributed by atoms with Crippen molar-refractivity contribution in [3.8, 4) is 0 Å². The molecule has 0 aromatic carbocycles. The van der Waals surface area contributed by atoms with Gasteiger partial charge in [-0.15, -0.1) is 0 Å². The lowest BCUT2D eigenvalue weighted by molar-refractivity contribution is -0.526. The van der Waals surface area contributed by atoms with Crippen molar-refractivity contribution in [3.63, 3.8) is 0 Å². The molecule has 0 aliphatic carbocycles. The second-order valence-corrected chi connectivity index (χ2v) is 3.78. The van der Waals surface area contributed by atoms with E-state index in [1.807, 2.05) is 0 Å². The van der Waals surface area contributed by atoms with E-state index >= 15 is 0 Å². The van der Waals surface area contributed by atoms with Gasteiger partial charge in [0.25, 0.3) is 0 Å². The molecule has 0 unspecified atom stereocenters. The molecule has 0 amide bonds. The van der Waals surface area contributed by atoms with Crippen LogP contribution in [0.1, 0.15) is 59.3 Å². The Balaban J connectivity index is 3.58. The third-order valence-corrected chi connectivity index (χ3v) is 2.08. The van der Waals surface area contributed by atoms with Gasteiger partial charge >= 0.3 is 0 Å². The van der Waals surface area contributed by atoms with Gasteiger partial charge in [-0.25, -0.2) is 0 Å². The van der Waals surface area contributed by atoms with Crippen molar-refractivity contribution in [2.45, 2.75) is 59.3 Å². The van der Waals surface area contributed by atoms with Gasteiger partial charge in [0.15, 0.2) is 0 Å². The molecule has 0 fully saturated rings. The highest BCUT2D eigenvalue weighted by Crippen LogP contribution is 2.01. The van der Waals surface area contributed by atoms with Gasteiger partial charge in [-0.2, -0.15) is 0 Å². The molecule has 98 valence electrons. The van der Waals surface area contributed by atoms with Crippen LogP contribution in [0.2, 0.25) is 0 Å². The Labute approximate surface area is 99.7 Å². The number of hydrogen-bond acceptors (Lipinski definition) is 4. The first kappa shape index (κ1) is 15.8. The molecule has 0 heterocycles. The predicted octanol–water partition coefficient (Wildman–Crippen LogP) is 3.48. The SMILES string of the molecule is CCCCON(OCCCC)OCCCC. The van der Waals surface area contributed by atoms with E-state index in [4.69, 9.17) is 14.5 Å². The molecule has 0 aromatic rings. The van der Waals surface area contributed by atoms with Crippen molar-refractivity contribution < 1.29 is 14.5 Å². The molecule has 0 bridgehead atoms. The molecule has 0 aliphatic heterocycles. The fraction of sp³-hybridized carbons (Fsp3) is 1.00. The minimum Gasteiger partial charge on any atom is -0.251 e. The van der Waals surface area contributed by atoms with Gasteiger partial charge in [0.1, 0.15) is 0 Å². The molecule has 0 radical (unpaired) electrons. The highest BCUT2D eigenvalue weighted by molar-refractivity contribution is 4.30. The average molecular weight is 233 g/mol. The summed E-state index contributed by atoms with van der Waals surface area (Å²) in [5.41, 5.74) is 0. The van der Waals surface area contributed by atoms with Crippen LogP contribution >= 0.6 is 0 Å². The summed E-state index contributed by atoms with van der Waals surface area (Å²) in [7, 11) is 0. The van der Waals surface area contributed by atoms with E-state index in [2.05, 4.69) is 20.8 Å². The Morgan fingerprint density at radius 2 is 0.938 bits per heavy atom. The van der Waals surface area contributed by atoms with Crippen molar-refractivity contribution in [2.24, 2.45) is 0 Å². The van der Waals surface area contributed by atoms with Crippen LogP contribution in [0.15, 0.2) is 0 Å². The largest absolute Gasteiger partial charge is 0.251 e. The lowest BCUT2D eigenvalue weighted by Gasteiger charge is -2.19. The van der Waals surface area contributed by atoms with Crippen LogP contribution in [0.4, 0.5) is 0 Å². The van der Waals surface area contributed by atoms with Gasteiger partial charge in [0.05, 0.1) is 25.2 Å². The lowest BCUT2D eigenvalue weighted by Crippen LogP contribution is -2.26. The summed E-state index contributed by atoms with van der Waals surface area (Å²) < 4.78 is 0. The zero-order chi connectivity index (χ0) is 12.1. The molecule has 0 saturated carbocycles. The van der Waals surface area contributed by atoms with E-state index in [9.17, 15) is 0 Å².